The SMILES string of the molecule is Cc1ccnc(S(N)(=O)=O)c1.[Na]. The first-order valence-corrected chi connectivity index (χ1v) is 4.50. The molecule has 1 aromatic rings. The summed E-state index contributed by atoms with van der Waals surface area (Å²) >= 11 is 0. The predicted octanol–water partition coefficient (Wildman–Crippen LogP) is -0.343. The number of hydrogen-bond acceptors (Lipinski definition) is 3. The average Bonchev–Trinajstić information content (AvgIpc) is 1.86. The van der Waals surface area contributed by atoms with Gasteiger partial charge in [0.05, 0.1) is 0 Å². The van der Waals surface area contributed by atoms with Crippen molar-refractivity contribution in [3.8, 4) is 0 Å². The molecule has 1 radical (unpaired) electrons. The third kappa shape index (κ3) is 3.20. The quantitative estimate of drug-likeness (QED) is 0.623. The third-order valence-corrected chi connectivity index (χ3v) is 1.99. The molecule has 0 saturated carbocycles. The molecule has 12 heavy (non-hydrogen) atoms. The van der Waals surface area contributed by atoms with E-state index in [4.69, 9.17) is 5.14 Å². The second-order valence-corrected chi connectivity index (χ2v) is 3.72. The van der Waals surface area contributed by atoms with Crippen LogP contribution in [0.3, 0.4) is 0 Å². The van der Waals surface area contributed by atoms with E-state index in [1.807, 2.05) is 0 Å². The van der Waals surface area contributed by atoms with Crippen molar-refractivity contribution >= 4 is 39.6 Å². The van der Waals surface area contributed by atoms with E-state index in [1.54, 1.807) is 13.0 Å². The second-order valence-electron chi connectivity index (χ2n) is 2.22. The van der Waals surface area contributed by atoms with Crippen LogP contribution in [-0.4, -0.2) is 43.0 Å². The fraction of sp³-hybridized carbons (Fsp3) is 0.167. The van der Waals surface area contributed by atoms with Gasteiger partial charge in [0.1, 0.15) is 0 Å². The first-order valence-electron chi connectivity index (χ1n) is 2.95. The van der Waals surface area contributed by atoms with Gasteiger partial charge in [0, 0.05) is 35.8 Å². The van der Waals surface area contributed by atoms with E-state index in [0.29, 0.717) is 0 Å². The third-order valence-electron chi connectivity index (χ3n) is 1.18. The molecular formula is C6H8N2NaO2S. The molecule has 1 rings (SSSR count). The van der Waals surface area contributed by atoms with Gasteiger partial charge >= 0.3 is 0 Å². The second kappa shape index (κ2) is 4.34. The molecule has 0 amide bonds. The summed E-state index contributed by atoms with van der Waals surface area (Å²) in [5.74, 6) is 0. The summed E-state index contributed by atoms with van der Waals surface area (Å²) in [5.41, 5.74) is 0.823. The molecular weight excluding hydrogens is 187 g/mol. The number of nitrogens with zero attached hydrogens (tertiary/aromatic N) is 1. The van der Waals surface area contributed by atoms with Crippen LogP contribution >= 0.6 is 0 Å². The normalized spacial score (nSPS) is 10.5. The number of aromatic nitrogens is 1. The van der Waals surface area contributed by atoms with Gasteiger partial charge < -0.3 is 0 Å². The minimum absolute atomic E-state index is 0. The summed E-state index contributed by atoms with van der Waals surface area (Å²) in [6.45, 7) is 1.77. The van der Waals surface area contributed by atoms with E-state index >= 15 is 0 Å². The maximum absolute atomic E-state index is 10.7. The topological polar surface area (TPSA) is 73.0 Å². The van der Waals surface area contributed by atoms with Gasteiger partial charge in [-0.3, -0.25) is 0 Å². The molecule has 0 aliphatic carbocycles. The monoisotopic (exact) mass is 195 g/mol. The Labute approximate surface area is 93.5 Å². The van der Waals surface area contributed by atoms with Crippen molar-refractivity contribution < 1.29 is 8.42 Å². The Morgan fingerprint density at radius 2 is 2.08 bits per heavy atom. The maximum Gasteiger partial charge on any atom is 0.255 e. The molecule has 6 heteroatoms. The Morgan fingerprint density at radius 1 is 1.50 bits per heavy atom. The first kappa shape index (κ1) is 12.1. The van der Waals surface area contributed by atoms with Crippen LogP contribution in [0.5, 0.6) is 0 Å². The van der Waals surface area contributed by atoms with Crippen LogP contribution in [0.1, 0.15) is 5.56 Å². The maximum atomic E-state index is 10.7. The van der Waals surface area contributed by atoms with Crippen LogP contribution < -0.4 is 5.14 Å². The van der Waals surface area contributed by atoms with Crippen molar-refractivity contribution in [3.63, 3.8) is 0 Å². The standard InChI is InChI=1S/C6H8N2O2S.Na/c1-5-2-3-8-6(4-5)11(7,9)10;/h2-4H,1H3,(H2,7,9,10);. The predicted molar refractivity (Wildman–Crippen MR) is 46.1 cm³/mol. The summed E-state index contributed by atoms with van der Waals surface area (Å²) in [4.78, 5) is 3.60. The smallest absolute Gasteiger partial charge is 0.243 e. The Morgan fingerprint density at radius 3 is 2.42 bits per heavy atom. The molecule has 4 nitrogen and oxygen atoms in total. The van der Waals surface area contributed by atoms with E-state index in [0.717, 1.165) is 5.56 Å². The minimum atomic E-state index is -3.64. The molecule has 61 valence electrons. The van der Waals surface area contributed by atoms with Crippen molar-refractivity contribution in [2.24, 2.45) is 5.14 Å². The van der Waals surface area contributed by atoms with Gasteiger partial charge in [-0.05, 0) is 24.6 Å². The van der Waals surface area contributed by atoms with Crippen LogP contribution in [-0.2, 0) is 10.0 Å². The van der Waals surface area contributed by atoms with Crippen LogP contribution in [0, 0.1) is 6.92 Å². The van der Waals surface area contributed by atoms with Gasteiger partial charge in [-0.1, -0.05) is 0 Å². The Kier molecular flexibility index (Phi) is 4.36. The van der Waals surface area contributed by atoms with E-state index in [-0.39, 0.29) is 34.6 Å². The number of primary sulfonamides is 1. The first-order chi connectivity index (χ1) is 5.00. The van der Waals surface area contributed by atoms with Crippen molar-refractivity contribution in [2.75, 3.05) is 0 Å². The Hall–Kier alpha value is 0.0600. The summed E-state index contributed by atoms with van der Waals surface area (Å²) < 4.78 is 21.4. The van der Waals surface area contributed by atoms with E-state index in [9.17, 15) is 8.42 Å². The van der Waals surface area contributed by atoms with Gasteiger partial charge in [0.2, 0.25) is 0 Å². The number of aryl methyl sites for hydroxylation is 1. The molecule has 0 atom stereocenters. The molecule has 0 bridgehead atoms. The van der Waals surface area contributed by atoms with Crippen molar-refractivity contribution in [1.29, 1.82) is 0 Å². The Bertz CT molecular complexity index is 364. The van der Waals surface area contributed by atoms with Crippen molar-refractivity contribution in [1.82, 2.24) is 4.98 Å². The van der Waals surface area contributed by atoms with Crippen LogP contribution in [0.15, 0.2) is 23.4 Å². The molecule has 0 aliphatic rings. The molecule has 1 heterocycles. The number of hydrogen-bond donors (Lipinski definition) is 1. The zero-order valence-electron chi connectivity index (χ0n) is 6.98. The average molecular weight is 195 g/mol. The summed E-state index contributed by atoms with van der Waals surface area (Å²) in [6.07, 6.45) is 1.41. The fourth-order valence-electron chi connectivity index (χ4n) is 0.664. The fourth-order valence-corrected chi connectivity index (χ4v) is 1.22. The number of nitrogens with two attached hydrogens (primary N) is 1. The molecule has 0 spiro atoms. The molecule has 0 aliphatic heterocycles. The van der Waals surface area contributed by atoms with E-state index in [2.05, 4.69) is 4.98 Å². The van der Waals surface area contributed by atoms with E-state index < -0.39 is 10.0 Å². The summed E-state index contributed by atoms with van der Waals surface area (Å²) in [7, 11) is -3.64. The molecule has 2 N–H and O–H groups in total. The number of rotatable bonds is 1. The zero-order valence-corrected chi connectivity index (χ0v) is 9.80. The van der Waals surface area contributed by atoms with Crippen LogP contribution in [0.25, 0.3) is 0 Å². The van der Waals surface area contributed by atoms with Gasteiger partial charge in [0.25, 0.3) is 10.0 Å². The van der Waals surface area contributed by atoms with Gasteiger partial charge in [-0.2, -0.15) is 0 Å². The Balaban J connectivity index is 0.00000121. The van der Waals surface area contributed by atoms with Gasteiger partial charge in [-0.15, -0.1) is 0 Å². The largest absolute Gasteiger partial charge is 0.255 e. The molecule has 1 aromatic heterocycles. The van der Waals surface area contributed by atoms with Crippen LogP contribution in [0.2, 0.25) is 0 Å². The van der Waals surface area contributed by atoms with Crippen molar-refractivity contribution in [3.05, 3.63) is 23.9 Å². The number of pyridine rings is 1. The van der Waals surface area contributed by atoms with Gasteiger partial charge in [0.15, 0.2) is 5.03 Å². The van der Waals surface area contributed by atoms with Crippen LogP contribution in [0.4, 0.5) is 0 Å². The molecule has 0 unspecified atom stereocenters. The summed E-state index contributed by atoms with van der Waals surface area (Å²) in [5, 5.41) is 4.75. The minimum Gasteiger partial charge on any atom is -0.243 e. The van der Waals surface area contributed by atoms with E-state index in [1.165, 1.54) is 12.3 Å². The molecule has 0 saturated heterocycles. The summed E-state index contributed by atoms with van der Waals surface area (Å²) in [6, 6.07) is 3.13. The molecule has 0 fully saturated rings. The number of sulfonamides is 1. The zero-order chi connectivity index (χ0) is 8.48. The van der Waals surface area contributed by atoms with Crippen molar-refractivity contribution in [2.45, 2.75) is 11.9 Å². The molecule has 0 aromatic carbocycles. The van der Waals surface area contributed by atoms with Gasteiger partial charge in [-0.25, -0.2) is 18.5 Å².